The molecule has 1 heterocycles. The van der Waals surface area contributed by atoms with Gasteiger partial charge in [-0.2, -0.15) is 0 Å². The van der Waals surface area contributed by atoms with E-state index in [0.29, 0.717) is 31.3 Å². The summed E-state index contributed by atoms with van der Waals surface area (Å²) in [6.07, 6.45) is 2.37. The van der Waals surface area contributed by atoms with Crippen LogP contribution in [-0.2, 0) is 30.6 Å². The average molecular weight is 299 g/mol. The van der Waals surface area contributed by atoms with E-state index in [2.05, 4.69) is 22.3 Å². The predicted molar refractivity (Wildman–Crippen MR) is 82.1 cm³/mol. The smallest absolute Gasteiger partial charge is 0.235 e. The molecule has 5 nitrogen and oxygen atoms in total. The normalized spacial score (nSPS) is 14.1. The number of hydrogen-bond donors (Lipinski definition) is 0. The number of aryl methyl sites for hydroxylation is 1. The number of carbonyl (C=O) groups excluding carboxylic acids is 1. The summed E-state index contributed by atoms with van der Waals surface area (Å²) in [4.78, 5) is 14.6. The minimum atomic E-state index is 0.0333. The Hall–Kier alpha value is -2.17. The molecule has 0 fully saturated rings. The van der Waals surface area contributed by atoms with E-state index >= 15 is 0 Å². The number of amides is 1. The lowest BCUT2D eigenvalue weighted by molar-refractivity contribution is -0.136. The predicted octanol–water partition coefficient (Wildman–Crippen LogP) is 2.40. The van der Waals surface area contributed by atoms with Crippen molar-refractivity contribution < 1.29 is 9.21 Å². The van der Waals surface area contributed by atoms with Crippen molar-refractivity contribution in [2.75, 3.05) is 6.54 Å². The standard InChI is InChI=1S/C17H21N3O2/c1-3-15-18-19-16(22-15)11-20(4-2)17(21)14-9-12-7-5-6-8-13(12)10-14/h5-8,14H,3-4,9-11H2,1-2H3. The van der Waals surface area contributed by atoms with Gasteiger partial charge in [0.1, 0.15) is 0 Å². The molecule has 1 aromatic carbocycles. The van der Waals surface area contributed by atoms with Crippen LogP contribution in [0.25, 0.3) is 0 Å². The molecular formula is C17H21N3O2. The van der Waals surface area contributed by atoms with Crippen molar-refractivity contribution >= 4 is 5.91 Å². The molecule has 22 heavy (non-hydrogen) atoms. The second-order valence-electron chi connectivity index (χ2n) is 5.67. The van der Waals surface area contributed by atoms with Gasteiger partial charge in [0.05, 0.1) is 6.54 Å². The van der Waals surface area contributed by atoms with E-state index in [-0.39, 0.29) is 11.8 Å². The van der Waals surface area contributed by atoms with Crippen molar-refractivity contribution in [2.24, 2.45) is 5.92 Å². The number of nitrogens with zero attached hydrogens (tertiary/aromatic N) is 3. The molecular weight excluding hydrogens is 278 g/mol. The summed E-state index contributed by atoms with van der Waals surface area (Å²) < 4.78 is 5.52. The van der Waals surface area contributed by atoms with Gasteiger partial charge < -0.3 is 9.32 Å². The van der Waals surface area contributed by atoms with Crippen LogP contribution in [0.4, 0.5) is 0 Å². The molecule has 1 aliphatic rings. The van der Waals surface area contributed by atoms with Gasteiger partial charge in [0.15, 0.2) is 0 Å². The van der Waals surface area contributed by atoms with E-state index in [0.717, 1.165) is 12.8 Å². The molecule has 0 spiro atoms. The second-order valence-corrected chi connectivity index (χ2v) is 5.67. The van der Waals surface area contributed by atoms with Gasteiger partial charge in [0, 0.05) is 18.9 Å². The fourth-order valence-electron chi connectivity index (χ4n) is 3.00. The first-order chi connectivity index (χ1) is 10.7. The number of rotatable bonds is 5. The zero-order valence-corrected chi connectivity index (χ0v) is 13.1. The first kappa shape index (κ1) is 14.8. The van der Waals surface area contributed by atoms with E-state index in [1.807, 2.05) is 30.9 Å². The molecule has 0 N–H and O–H groups in total. The Kier molecular flexibility index (Phi) is 4.22. The van der Waals surface area contributed by atoms with Gasteiger partial charge >= 0.3 is 0 Å². The maximum Gasteiger partial charge on any atom is 0.235 e. The number of carbonyl (C=O) groups is 1. The molecule has 2 aromatic rings. The highest BCUT2D eigenvalue weighted by Gasteiger charge is 2.30. The lowest BCUT2D eigenvalue weighted by atomic mass is 10.0. The molecule has 1 aromatic heterocycles. The van der Waals surface area contributed by atoms with E-state index in [1.165, 1.54) is 11.1 Å². The molecule has 0 saturated heterocycles. The van der Waals surface area contributed by atoms with Crippen molar-refractivity contribution in [3.05, 3.63) is 47.2 Å². The molecule has 0 unspecified atom stereocenters. The number of hydrogen-bond acceptors (Lipinski definition) is 4. The van der Waals surface area contributed by atoms with Crippen LogP contribution in [0.5, 0.6) is 0 Å². The average Bonchev–Trinajstić information content (AvgIpc) is 3.18. The van der Waals surface area contributed by atoms with E-state index < -0.39 is 0 Å². The summed E-state index contributed by atoms with van der Waals surface area (Å²) in [6.45, 7) is 5.00. The Labute approximate surface area is 130 Å². The highest BCUT2D eigenvalue weighted by atomic mass is 16.4. The van der Waals surface area contributed by atoms with E-state index in [9.17, 15) is 4.79 Å². The molecule has 116 valence electrons. The Bertz CT molecular complexity index is 640. The summed E-state index contributed by atoms with van der Waals surface area (Å²) in [7, 11) is 0. The zero-order chi connectivity index (χ0) is 15.5. The van der Waals surface area contributed by atoms with Crippen LogP contribution in [0.15, 0.2) is 28.7 Å². The lowest BCUT2D eigenvalue weighted by Gasteiger charge is -2.22. The van der Waals surface area contributed by atoms with Crippen molar-refractivity contribution in [1.82, 2.24) is 15.1 Å². The highest BCUT2D eigenvalue weighted by Crippen LogP contribution is 2.28. The van der Waals surface area contributed by atoms with Gasteiger partial charge in [-0.05, 0) is 30.9 Å². The molecule has 0 bridgehead atoms. The maximum absolute atomic E-state index is 12.8. The monoisotopic (exact) mass is 299 g/mol. The Balaban J connectivity index is 1.68. The summed E-state index contributed by atoms with van der Waals surface area (Å²) >= 11 is 0. The highest BCUT2D eigenvalue weighted by molar-refractivity contribution is 5.80. The van der Waals surface area contributed by atoms with Crippen LogP contribution in [-0.4, -0.2) is 27.5 Å². The third-order valence-corrected chi connectivity index (χ3v) is 4.23. The molecule has 0 atom stereocenters. The number of fused-ring (bicyclic) bond motifs is 1. The SMILES string of the molecule is CCc1nnc(CN(CC)C(=O)C2Cc3ccccc3C2)o1. The largest absolute Gasteiger partial charge is 0.423 e. The molecule has 1 aliphatic carbocycles. The van der Waals surface area contributed by atoms with Gasteiger partial charge in [-0.15, -0.1) is 10.2 Å². The van der Waals surface area contributed by atoms with Crippen molar-refractivity contribution in [3.8, 4) is 0 Å². The maximum atomic E-state index is 12.8. The molecule has 3 rings (SSSR count). The van der Waals surface area contributed by atoms with Gasteiger partial charge in [-0.25, -0.2) is 0 Å². The van der Waals surface area contributed by atoms with Crippen LogP contribution < -0.4 is 0 Å². The lowest BCUT2D eigenvalue weighted by Crippen LogP contribution is -2.36. The Morgan fingerprint density at radius 1 is 1.18 bits per heavy atom. The summed E-state index contributed by atoms with van der Waals surface area (Å²) in [5.74, 6) is 1.34. The minimum absolute atomic E-state index is 0.0333. The number of benzene rings is 1. The van der Waals surface area contributed by atoms with E-state index in [1.54, 1.807) is 0 Å². The van der Waals surface area contributed by atoms with Crippen LogP contribution in [0, 0.1) is 5.92 Å². The zero-order valence-electron chi connectivity index (χ0n) is 13.1. The molecule has 1 amide bonds. The van der Waals surface area contributed by atoms with E-state index in [4.69, 9.17) is 4.42 Å². The fraction of sp³-hybridized carbons (Fsp3) is 0.471. The topological polar surface area (TPSA) is 59.2 Å². The first-order valence-electron chi connectivity index (χ1n) is 7.88. The molecule has 0 saturated carbocycles. The van der Waals surface area contributed by atoms with Crippen molar-refractivity contribution in [2.45, 2.75) is 39.7 Å². The van der Waals surface area contributed by atoms with Crippen LogP contribution in [0.1, 0.15) is 36.8 Å². The molecule has 5 heteroatoms. The van der Waals surface area contributed by atoms with Crippen molar-refractivity contribution in [3.63, 3.8) is 0 Å². The van der Waals surface area contributed by atoms with Crippen LogP contribution in [0.3, 0.4) is 0 Å². The third-order valence-electron chi connectivity index (χ3n) is 4.23. The third kappa shape index (κ3) is 2.89. The summed E-state index contributed by atoms with van der Waals surface area (Å²) in [5, 5.41) is 7.97. The number of aromatic nitrogens is 2. The fourth-order valence-corrected chi connectivity index (χ4v) is 3.00. The minimum Gasteiger partial charge on any atom is -0.423 e. The first-order valence-corrected chi connectivity index (χ1v) is 7.88. The summed E-state index contributed by atoms with van der Waals surface area (Å²) in [5.41, 5.74) is 2.59. The van der Waals surface area contributed by atoms with Crippen LogP contribution in [0.2, 0.25) is 0 Å². The van der Waals surface area contributed by atoms with Gasteiger partial charge in [-0.3, -0.25) is 4.79 Å². The van der Waals surface area contributed by atoms with Gasteiger partial charge in [-0.1, -0.05) is 31.2 Å². The second kappa shape index (κ2) is 6.30. The van der Waals surface area contributed by atoms with Crippen LogP contribution >= 0.6 is 0 Å². The van der Waals surface area contributed by atoms with Gasteiger partial charge in [0.2, 0.25) is 17.7 Å². The molecule has 0 aliphatic heterocycles. The molecule has 0 radical (unpaired) electrons. The Morgan fingerprint density at radius 2 is 1.82 bits per heavy atom. The van der Waals surface area contributed by atoms with Crippen molar-refractivity contribution in [1.29, 1.82) is 0 Å². The quantitative estimate of drug-likeness (QED) is 0.850. The summed E-state index contributed by atoms with van der Waals surface area (Å²) in [6, 6.07) is 8.30. The van der Waals surface area contributed by atoms with Gasteiger partial charge in [0.25, 0.3) is 0 Å². The Morgan fingerprint density at radius 3 is 2.36 bits per heavy atom.